The van der Waals surface area contributed by atoms with E-state index in [0.29, 0.717) is 30.2 Å². The van der Waals surface area contributed by atoms with E-state index in [4.69, 9.17) is 0 Å². The number of hydrogen-bond donors (Lipinski definition) is 3. The molecular formula is C26H28N6O3. The van der Waals surface area contributed by atoms with Crippen molar-refractivity contribution in [3.8, 4) is 0 Å². The summed E-state index contributed by atoms with van der Waals surface area (Å²) in [7, 11) is 0. The van der Waals surface area contributed by atoms with Gasteiger partial charge in [0.05, 0.1) is 18.9 Å². The van der Waals surface area contributed by atoms with Crippen molar-refractivity contribution in [1.29, 1.82) is 0 Å². The Labute approximate surface area is 201 Å². The van der Waals surface area contributed by atoms with Gasteiger partial charge in [-0.2, -0.15) is 0 Å². The maximum absolute atomic E-state index is 12.7. The zero-order valence-electron chi connectivity index (χ0n) is 19.5. The molecule has 180 valence electrons. The Balaban J connectivity index is 1.21. The highest BCUT2D eigenvalue weighted by atomic mass is 16.2. The molecule has 0 unspecified atom stereocenters. The van der Waals surface area contributed by atoms with E-state index in [0.717, 1.165) is 24.1 Å². The van der Waals surface area contributed by atoms with Crippen molar-refractivity contribution in [3.63, 3.8) is 0 Å². The first-order valence-corrected chi connectivity index (χ1v) is 11.8. The van der Waals surface area contributed by atoms with Gasteiger partial charge in [0.15, 0.2) is 11.2 Å². The molecule has 2 aromatic carbocycles. The molecule has 0 radical (unpaired) electrons. The summed E-state index contributed by atoms with van der Waals surface area (Å²) < 4.78 is 3.19. The summed E-state index contributed by atoms with van der Waals surface area (Å²) >= 11 is 0. The van der Waals surface area contributed by atoms with Crippen molar-refractivity contribution in [2.45, 2.75) is 44.9 Å². The highest BCUT2D eigenvalue weighted by molar-refractivity contribution is 5.82. The molecule has 9 nitrogen and oxygen atoms in total. The lowest BCUT2D eigenvalue weighted by Gasteiger charge is -2.12. The normalized spacial score (nSPS) is 17.6. The van der Waals surface area contributed by atoms with Crippen LogP contribution in [-0.2, 0) is 24.4 Å². The number of carbonyl (C=O) groups excluding carboxylic acids is 1. The van der Waals surface area contributed by atoms with Crippen LogP contribution in [-0.4, -0.2) is 37.6 Å². The molecular weight excluding hydrogens is 444 g/mol. The summed E-state index contributed by atoms with van der Waals surface area (Å²) in [5, 5.41) is 6.35. The van der Waals surface area contributed by atoms with E-state index >= 15 is 0 Å². The number of nitrogens with one attached hydrogen (secondary N) is 3. The molecule has 3 heterocycles. The molecule has 1 saturated heterocycles. The molecule has 3 N–H and O–H groups in total. The number of H-pyrrole nitrogens is 1. The highest BCUT2D eigenvalue weighted by Gasteiger charge is 2.29. The van der Waals surface area contributed by atoms with Crippen molar-refractivity contribution < 1.29 is 4.79 Å². The zero-order chi connectivity index (χ0) is 24.4. The number of imidazole rings is 1. The van der Waals surface area contributed by atoms with Gasteiger partial charge in [-0.3, -0.25) is 19.1 Å². The fourth-order valence-electron chi connectivity index (χ4n) is 4.68. The van der Waals surface area contributed by atoms with E-state index in [1.165, 1.54) is 10.1 Å². The van der Waals surface area contributed by atoms with Gasteiger partial charge >= 0.3 is 5.69 Å². The lowest BCUT2D eigenvalue weighted by molar-refractivity contribution is -0.122. The van der Waals surface area contributed by atoms with Gasteiger partial charge in [0, 0.05) is 19.6 Å². The van der Waals surface area contributed by atoms with E-state index in [1.54, 1.807) is 10.9 Å². The SMILES string of the molecule is CCn1cnc2c1c(=O)[nH]c(=O)n2Cc1ccc(CNC(=O)[C@@H]2C[C@@H](c3ccccc3)CN2)cc1. The number of carbonyl (C=O) groups is 1. The quantitative estimate of drug-likeness (QED) is 0.379. The summed E-state index contributed by atoms with van der Waals surface area (Å²) in [6.07, 6.45) is 2.36. The van der Waals surface area contributed by atoms with Crippen LogP contribution in [0.15, 0.2) is 70.5 Å². The molecule has 1 aliphatic heterocycles. The number of amides is 1. The van der Waals surface area contributed by atoms with Gasteiger partial charge in [-0.05, 0) is 36.0 Å². The monoisotopic (exact) mass is 472 g/mol. The molecule has 0 aliphatic carbocycles. The number of hydrogen-bond acceptors (Lipinski definition) is 5. The number of fused-ring (bicyclic) bond motifs is 1. The molecule has 35 heavy (non-hydrogen) atoms. The molecule has 2 aromatic heterocycles. The van der Waals surface area contributed by atoms with Crippen molar-refractivity contribution >= 4 is 17.1 Å². The van der Waals surface area contributed by atoms with Crippen molar-refractivity contribution in [2.24, 2.45) is 0 Å². The van der Waals surface area contributed by atoms with Gasteiger partial charge in [0.1, 0.15) is 0 Å². The zero-order valence-corrected chi connectivity index (χ0v) is 19.5. The second-order valence-corrected chi connectivity index (χ2v) is 8.89. The van der Waals surface area contributed by atoms with Crippen LogP contribution in [0.25, 0.3) is 11.2 Å². The number of benzene rings is 2. The molecule has 1 aliphatic rings. The molecule has 5 rings (SSSR count). The third kappa shape index (κ3) is 4.67. The third-order valence-electron chi connectivity index (χ3n) is 6.64. The largest absolute Gasteiger partial charge is 0.351 e. The van der Waals surface area contributed by atoms with E-state index in [9.17, 15) is 14.4 Å². The summed E-state index contributed by atoms with van der Waals surface area (Å²) in [6.45, 7) is 4.01. The van der Waals surface area contributed by atoms with Gasteiger partial charge < -0.3 is 15.2 Å². The Morgan fingerprint density at radius 3 is 2.57 bits per heavy atom. The van der Waals surface area contributed by atoms with Crippen LogP contribution in [0.2, 0.25) is 0 Å². The van der Waals surface area contributed by atoms with Crippen molar-refractivity contribution in [2.75, 3.05) is 6.54 Å². The minimum absolute atomic E-state index is 0.00111. The maximum atomic E-state index is 12.7. The van der Waals surface area contributed by atoms with E-state index < -0.39 is 11.2 Å². The lowest BCUT2D eigenvalue weighted by atomic mass is 9.96. The van der Waals surface area contributed by atoms with E-state index in [2.05, 4.69) is 32.7 Å². The average molecular weight is 473 g/mol. The number of nitrogens with zero attached hydrogens (tertiary/aromatic N) is 3. The Morgan fingerprint density at radius 2 is 1.83 bits per heavy atom. The summed E-state index contributed by atoms with van der Waals surface area (Å²) in [5.74, 6) is 0.346. The number of aromatic nitrogens is 4. The molecule has 0 spiro atoms. The number of aromatic amines is 1. The van der Waals surface area contributed by atoms with Crippen LogP contribution < -0.4 is 21.9 Å². The molecule has 1 amide bonds. The van der Waals surface area contributed by atoms with Crippen molar-refractivity contribution in [1.82, 2.24) is 29.7 Å². The maximum Gasteiger partial charge on any atom is 0.330 e. The van der Waals surface area contributed by atoms with Crippen LogP contribution >= 0.6 is 0 Å². The predicted molar refractivity (Wildman–Crippen MR) is 133 cm³/mol. The summed E-state index contributed by atoms with van der Waals surface area (Å²) in [6, 6.07) is 17.8. The smallest absolute Gasteiger partial charge is 0.330 e. The average Bonchev–Trinajstić information content (AvgIpc) is 3.54. The predicted octanol–water partition coefficient (Wildman–Crippen LogP) is 1.72. The molecule has 1 fully saturated rings. The first kappa shape index (κ1) is 22.8. The molecule has 4 aromatic rings. The van der Waals surface area contributed by atoms with Gasteiger partial charge in [-0.25, -0.2) is 9.78 Å². The van der Waals surface area contributed by atoms with Gasteiger partial charge in [0.2, 0.25) is 5.91 Å². The fourth-order valence-corrected chi connectivity index (χ4v) is 4.68. The lowest BCUT2D eigenvalue weighted by Crippen LogP contribution is -2.39. The summed E-state index contributed by atoms with van der Waals surface area (Å²) in [4.78, 5) is 44.0. The van der Waals surface area contributed by atoms with E-state index in [1.807, 2.05) is 49.4 Å². The molecule has 0 saturated carbocycles. The van der Waals surface area contributed by atoms with Crippen LogP contribution in [0.4, 0.5) is 0 Å². The minimum Gasteiger partial charge on any atom is -0.351 e. The Hall–Kier alpha value is -3.98. The number of aryl methyl sites for hydroxylation is 1. The molecule has 0 bridgehead atoms. The first-order valence-electron chi connectivity index (χ1n) is 11.8. The van der Waals surface area contributed by atoms with Gasteiger partial charge in [-0.1, -0.05) is 54.6 Å². The third-order valence-corrected chi connectivity index (χ3v) is 6.64. The number of rotatable bonds is 7. The van der Waals surface area contributed by atoms with Gasteiger partial charge in [0.25, 0.3) is 5.56 Å². The molecule has 9 heteroatoms. The first-order chi connectivity index (χ1) is 17.0. The van der Waals surface area contributed by atoms with Crippen LogP contribution in [0.5, 0.6) is 0 Å². The Morgan fingerprint density at radius 1 is 1.09 bits per heavy atom. The topological polar surface area (TPSA) is 114 Å². The standard InChI is InChI=1S/C26H28N6O3/c1-2-31-16-29-23-22(31)25(34)30-26(35)32(23)15-18-10-8-17(9-11-18)13-28-24(33)21-12-20(14-27-21)19-6-4-3-5-7-19/h3-11,16,20-21,27H,2,12-15H2,1H3,(H,28,33)(H,30,34,35)/t20-,21+/m1/s1. The second-order valence-electron chi connectivity index (χ2n) is 8.89. The molecule has 2 atom stereocenters. The minimum atomic E-state index is -0.488. The van der Waals surface area contributed by atoms with Crippen LogP contribution in [0.3, 0.4) is 0 Å². The van der Waals surface area contributed by atoms with E-state index in [-0.39, 0.29) is 18.5 Å². The fraction of sp³-hybridized carbons (Fsp3) is 0.308. The second kappa shape index (κ2) is 9.71. The Kier molecular flexibility index (Phi) is 6.33. The van der Waals surface area contributed by atoms with Crippen LogP contribution in [0, 0.1) is 0 Å². The highest BCUT2D eigenvalue weighted by Crippen LogP contribution is 2.25. The van der Waals surface area contributed by atoms with Crippen molar-refractivity contribution in [3.05, 3.63) is 98.5 Å². The Bertz CT molecular complexity index is 1450. The van der Waals surface area contributed by atoms with Crippen LogP contribution in [0.1, 0.15) is 36.0 Å². The summed E-state index contributed by atoms with van der Waals surface area (Å²) in [5.41, 5.74) is 2.96. The van der Waals surface area contributed by atoms with Gasteiger partial charge in [-0.15, -0.1) is 0 Å².